The number of ether oxygens (including phenoxy) is 1. The van der Waals surface area contributed by atoms with Crippen LogP contribution >= 0.6 is 0 Å². The molecule has 4 heterocycles. The average Bonchev–Trinajstić information content (AvgIpc) is 2.75. The first-order valence-electron chi connectivity index (χ1n) is 9.70. The van der Waals surface area contributed by atoms with Crippen molar-refractivity contribution in [2.75, 3.05) is 54.5 Å². The minimum atomic E-state index is -4.43. The minimum Gasteiger partial charge on any atom is -0.378 e. The lowest BCUT2D eigenvalue weighted by Gasteiger charge is -2.33. The van der Waals surface area contributed by atoms with Crippen LogP contribution in [-0.2, 0) is 10.9 Å². The molecule has 0 aromatic carbocycles. The standard InChI is InChI=1S/C19H23F3N6O/c20-19(21,22)15-2-1-3-17(25-15)27-8-5-14(6-9-27)24-16-4-7-23-18(26-16)28-10-12-29-13-11-28/h1-4,7,14H,5-6,8-13H2,(H,23,24,26). The van der Waals surface area contributed by atoms with E-state index in [1.54, 1.807) is 12.3 Å². The predicted molar refractivity (Wildman–Crippen MR) is 103 cm³/mol. The van der Waals surface area contributed by atoms with E-state index in [2.05, 4.69) is 25.2 Å². The number of rotatable bonds is 4. The van der Waals surface area contributed by atoms with Crippen LogP contribution in [0.1, 0.15) is 18.5 Å². The third kappa shape index (κ3) is 4.87. The van der Waals surface area contributed by atoms with Crippen molar-refractivity contribution in [3.8, 4) is 0 Å². The number of hydrogen-bond acceptors (Lipinski definition) is 7. The van der Waals surface area contributed by atoms with Gasteiger partial charge in [-0.1, -0.05) is 6.07 Å². The summed E-state index contributed by atoms with van der Waals surface area (Å²) < 4.78 is 44.0. The van der Waals surface area contributed by atoms with E-state index in [4.69, 9.17) is 4.74 Å². The Hall–Kier alpha value is -2.62. The quantitative estimate of drug-likeness (QED) is 0.835. The van der Waals surface area contributed by atoms with Crippen LogP contribution in [0.15, 0.2) is 30.5 Å². The maximum absolute atomic E-state index is 12.9. The number of nitrogens with one attached hydrogen (secondary N) is 1. The van der Waals surface area contributed by atoms with Crippen molar-refractivity contribution < 1.29 is 17.9 Å². The SMILES string of the molecule is FC(F)(F)c1cccc(N2CCC(Nc3ccnc(N4CCOCC4)n3)CC2)n1. The number of hydrogen-bond donors (Lipinski definition) is 1. The van der Waals surface area contributed by atoms with Crippen LogP contribution in [-0.4, -0.2) is 60.4 Å². The Kier molecular flexibility index (Phi) is 5.70. The number of aromatic nitrogens is 3. The van der Waals surface area contributed by atoms with Crippen molar-refractivity contribution in [2.45, 2.75) is 25.1 Å². The molecule has 0 unspecified atom stereocenters. The summed E-state index contributed by atoms with van der Waals surface area (Å²) in [6.45, 7) is 4.14. The Morgan fingerprint density at radius 1 is 0.966 bits per heavy atom. The highest BCUT2D eigenvalue weighted by molar-refractivity contribution is 5.44. The topological polar surface area (TPSA) is 66.4 Å². The monoisotopic (exact) mass is 408 g/mol. The number of piperidine rings is 1. The number of anilines is 3. The zero-order valence-electron chi connectivity index (χ0n) is 15.9. The van der Waals surface area contributed by atoms with Crippen LogP contribution in [0.5, 0.6) is 0 Å². The van der Waals surface area contributed by atoms with Crippen LogP contribution in [0, 0.1) is 0 Å². The van der Waals surface area contributed by atoms with Crippen LogP contribution in [0.4, 0.5) is 30.8 Å². The molecule has 0 radical (unpaired) electrons. The fraction of sp³-hybridized carbons (Fsp3) is 0.526. The molecule has 2 saturated heterocycles. The van der Waals surface area contributed by atoms with E-state index in [9.17, 15) is 13.2 Å². The zero-order valence-corrected chi connectivity index (χ0v) is 15.9. The minimum absolute atomic E-state index is 0.199. The van der Waals surface area contributed by atoms with Crippen LogP contribution in [0.25, 0.3) is 0 Å². The molecule has 7 nitrogen and oxygen atoms in total. The average molecular weight is 408 g/mol. The molecule has 2 aliphatic rings. The van der Waals surface area contributed by atoms with Crippen LogP contribution in [0.2, 0.25) is 0 Å². The first-order chi connectivity index (χ1) is 14.0. The Labute approximate surface area is 166 Å². The van der Waals surface area contributed by atoms with E-state index in [0.717, 1.165) is 37.8 Å². The summed E-state index contributed by atoms with van der Waals surface area (Å²) in [6, 6.07) is 6.07. The molecular formula is C19H23F3N6O. The van der Waals surface area contributed by atoms with E-state index >= 15 is 0 Å². The van der Waals surface area contributed by atoms with Gasteiger partial charge in [0.1, 0.15) is 17.3 Å². The largest absolute Gasteiger partial charge is 0.433 e. The number of nitrogens with zero attached hydrogens (tertiary/aromatic N) is 5. The summed E-state index contributed by atoms with van der Waals surface area (Å²) in [5.74, 6) is 1.82. The molecule has 2 aliphatic heterocycles. The molecule has 0 aliphatic carbocycles. The summed E-state index contributed by atoms with van der Waals surface area (Å²) in [5.41, 5.74) is -0.855. The molecule has 0 amide bonds. The van der Waals surface area contributed by atoms with E-state index in [0.29, 0.717) is 38.1 Å². The Morgan fingerprint density at radius 3 is 2.45 bits per heavy atom. The van der Waals surface area contributed by atoms with Gasteiger partial charge in [-0.2, -0.15) is 18.2 Å². The first-order valence-corrected chi connectivity index (χ1v) is 9.70. The van der Waals surface area contributed by atoms with Crippen molar-refractivity contribution in [1.82, 2.24) is 15.0 Å². The van der Waals surface area contributed by atoms with Crippen molar-refractivity contribution >= 4 is 17.6 Å². The summed E-state index contributed by atoms with van der Waals surface area (Å²) in [4.78, 5) is 16.7. The Balaban J connectivity index is 1.35. The second kappa shape index (κ2) is 8.40. The summed E-state index contributed by atoms with van der Waals surface area (Å²) in [5, 5.41) is 3.43. The molecule has 29 heavy (non-hydrogen) atoms. The number of alkyl halides is 3. The van der Waals surface area contributed by atoms with Gasteiger partial charge in [0, 0.05) is 38.4 Å². The lowest BCUT2D eigenvalue weighted by molar-refractivity contribution is -0.141. The van der Waals surface area contributed by atoms with Gasteiger partial charge in [0.2, 0.25) is 5.95 Å². The third-order valence-corrected chi connectivity index (χ3v) is 5.13. The molecule has 0 atom stereocenters. The molecule has 0 bridgehead atoms. The molecule has 2 fully saturated rings. The summed E-state index contributed by atoms with van der Waals surface area (Å²) in [7, 11) is 0. The lowest BCUT2D eigenvalue weighted by Crippen LogP contribution is -2.40. The van der Waals surface area contributed by atoms with E-state index in [1.165, 1.54) is 6.07 Å². The van der Waals surface area contributed by atoms with Gasteiger partial charge >= 0.3 is 6.18 Å². The lowest BCUT2D eigenvalue weighted by atomic mass is 10.0. The van der Waals surface area contributed by atoms with Gasteiger partial charge in [-0.3, -0.25) is 0 Å². The van der Waals surface area contributed by atoms with Crippen molar-refractivity contribution in [3.05, 3.63) is 36.2 Å². The molecule has 0 spiro atoms. The molecule has 0 saturated carbocycles. The van der Waals surface area contributed by atoms with Crippen molar-refractivity contribution in [1.29, 1.82) is 0 Å². The van der Waals surface area contributed by atoms with Gasteiger partial charge in [-0.15, -0.1) is 0 Å². The summed E-state index contributed by atoms with van der Waals surface area (Å²) >= 11 is 0. The third-order valence-electron chi connectivity index (χ3n) is 5.13. The molecular weight excluding hydrogens is 385 g/mol. The van der Waals surface area contributed by atoms with Gasteiger partial charge in [0.25, 0.3) is 0 Å². The number of halogens is 3. The van der Waals surface area contributed by atoms with Gasteiger partial charge in [-0.05, 0) is 31.0 Å². The molecule has 2 aromatic rings. The van der Waals surface area contributed by atoms with Gasteiger partial charge in [-0.25, -0.2) is 9.97 Å². The molecule has 156 valence electrons. The van der Waals surface area contributed by atoms with Crippen molar-refractivity contribution in [3.63, 3.8) is 0 Å². The second-order valence-electron chi connectivity index (χ2n) is 7.13. The first kappa shape index (κ1) is 19.7. The van der Waals surface area contributed by atoms with E-state index in [1.807, 2.05) is 11.0 Å². The van der Waals surface area contributed by atoms with Gasteiger partial charge in [0.05, 0.1) is 13.2 Å². The van der Waals surface area contributed by atoms with Crippen LogP contribution < -0.4 is 15.1 Å². The fourth-order valence-corrected chi connectivity index (χ4v) is 3.56. The molecule has 4 rings (SSSR count). The number of morpholine rings is 1. The molecule has 2 aromatic heterocycles. The maximum Gasteiger partial charge on any atom is 0.433 e. The Bertz CT molecular complexity index is 820. The predicted octanol–water partition coefficient (Wildman–Crippen LogP) is 2.81. The highest BCUT2D eigenvalue weighted by atomic mass is 19.4. The summed E-state index contributed by atoms with van der Waals surface area (Å²) in [6.07, 6.45) is -1.12. The number of pyridine rings is 1. The van der Waals surface area contributed by atoms with E-state index in [-0.39, 0.29) is 6.04 Å². The Morgan fingerprint density at radius 2 is 1.72 bits per heavy atom. The van der Waals surface area contributed by atoms with Gasteiger partial charge < -0.3 is 19.9 Å². The highest BCUT2D eigenvalue weighted by Crippen LogP contribution is 2.29. The smallest absolute Gasteiger partial charge is 0.378 e. The van der Waals surface area contributed by atoms with E-state index < -0.39 is 11.9 Å². The molecule has 1 N–H and O–H groups in total. The van der Waals surface area contributed by atoms with Gasteiger partial charge in [0.15, 0.2) is 0 Å². The normalized spacial score (nSPS) is 18.7. The molecule has 10 heteroatoms. The maximum atomic E-state index is 12.9. The van der Waals surface area contributed by atoms with Crippen molar-refractivity contribution in [2.24, 2.45) is 0 Å². The highest BCUT2D eigenvalue weighted by Gasteiger charge is 2.33. The fourth-order valence-electron chi connectivity index (χ4n) is 3.56. The second-order valence-corrected chi connectivity index (χ2v) is 7.13. The van der Waals surface area contributed by atoms with Crippen LogP contribution in [0.3, 0.4) is 0 Å². The zero-order chi connectivity index (χ0) is 20.3.